The van der Waals surface area contributed by atoms with E-state index in [-0.39, 0.29) is 18.1 Å². The summed E-state index contributed by atoms with van der Waals surface area (Å²) < 4.78 is 40.2. The zero-order valence-electron chi connectivity index (χ0n) is 14.5. The summed E-state index contributed by atoms with van der Waals surface area (Å²) in [6.07, 6.45) is -0.986. The fourth-order valence-electron chi connectivity index (χ4n) is 2.90. The number of aromatic nitrogens is 1. The van der Waals surface area contributed by atoms with E-state index in [1.54, 1.807) is 0 Å². The van der Waals surface area contributed by atoms with Gasteiger partial charge in [-0.15, -0.1) is 13.2 Å². The Morgan fingerprint density at radius 1 is 1.07 bits per heavy atom. The van der Waals surface area contributed by atoms with Gasteiger partial charge in [-0.25, -0.2) is 0 Å². The van der Waals surface area contributed by atoms with Crippen LogP contribution in [0, 0.1) is 0 Å². The van der Waals surface area contributed by atoms with Crippen molar-refractivity contribution in [3.63, 3.8) is 0 Å². The van der Waals surface area contributed by atoms with Gasteiger partial charge in [-0.1, -0.05) is 30.3 Å². The molecule has 0 unspecified atom stereocenters. The van der Waals surface area contributed by atoms with Gasteiger partial charge in [0.25, 0.3) is 0 Å². The number of benzene rings is 2. The molecular formula is C20H19F3N2O2. The highest BCUT2D eigenvalue weighted by Gasteiger charge is 2.30. The van der Waals surface area contributed by atoms with E-state index in [1.807, 2.05) is 24.4 Å². The third kappa shape index (κ3) is 5.51. The van der Waals surface area contributed by atoms with E-state index in [4.69, 9.17) is 0 Å². The third-order valence-corrected chi connectivity index (χ3v) is 4.14. The molecule has 0 saturated heterocycles. The minimum Gasteiger partial charge on any atom is -0.406 e. The average molecular weight is 376 g/mol. The molecule has 1 heterocycles. The molecule has 27 heavy (non-hydrogen) atoms. The maximum Gasteiger partial charge on any atom is 0.573 e. The predicted molar refractivity (Wildman–Crippen MR) is 96.5 cm³/mol. The third-order valence-electron chi connectivity index (χ3n) is 4.14. The molecule has 142 valence electrons. The number of amides is 1. The van der Waals surface area contributed by atoms with Crippen molar-refractivity contribution in [1.29, 1.82) is 0 Å². The number of H-pyrrole nitrogens is 1. The lowest BCUT2D eigenvalue weighted by molar-refractivity contribution is -0.274. The molecule has 0 aliphatic heterocycles. The number of carbonyl (C=O) groups is 1. The predicted octanol–water partition coefficient (Wildman–Crippen LogP) is 4.36. The summed E-state index contributed by atoms with van der Waals surface area (Å²) in [7, 11) is 0. The Balaban J connectivity index is 1.42. The van der Waals surface area contributed by atoms with Crippen molar-refractivity contribution in [3.8, 4) is 5.75 Å². The standard InChI is InChI=1S/C20H19F3N2O2/c21-20(22,23)27-16-9-7-14(8-10-16)12-19(26)24-11-3-4-15-13-25-18-6-2-1-5-17(15)18/h1-2,5-10,13,25H,3-4,11-12H2,(H,24,26). The quantitative estimate of drug-likeness (QED) is 0.602. The van der Waals surface area contributed by atoms with Crippen LogP contribution in [0.1, 0.15) is 17.5 Å². The van der Waals surface area contributed by atoms with Gasteiger partial charge in [0, 0.05) is 23.6 Å². The number of alkyl halides is 3. The molecule has 2 aromatic carbocycles. The fourth-order valence-corrected chi connectivity index (χ4v) is 2.90. The van der Waals surface area contributed by atoms with Crippen LogP contribution in [-0.4, -0.2) is 23.8 Å². The Kier molecular flexibility index (Phi) is 5.69. The molecule has 0 aliphatic carbocycles. The molecule has 3 rings (SSSR count). The van der Waals surface area contributed by atoms with Crippen LogP contribution in [0.3, 0.4) is 0 Å². The van der Waals surface area contributed by atoms with Crippen molar-refractivity contribution in [1.82, 2.24) is 10.3 Å². The molecule has 3 aromatic rings. The molecule has 0 aliphatic rings. The van der Waals surface area contributed by atoms with E-state index in [2.05, 4.69) is 21.1 Å². The molecule has 0 bridgehead atoms. The Labute approximate surface area is 154 Å². The Morgan fingerprint density at radius 2 is 1.81 bits per heavy atom. The van der Waals surface area contributed by atoms with Gasteiger partial charge in [0.15, 0.2) is 0 Å². The maximum absolute atomic E-state index is 12.1. The summed E-state index contributed by atoms with van der Waals surface area (Å²) in [4.78, 5) is 15.2. The number of ether oxygens (including phenoxy) is 1. The summed E-state index contributed by atoms with van der Waals surface area (Å²) in [6, 6.07) is 13.4. The lowest BCUT2D eigenvalue weighted by Gasteiger charge is -2.09. The van der Waals surface area contributed by atoms with Crippen molar-refractivity contribution < 1.29 is 22.7 Å². The molecular weight excluding hydrogens is 357 g/mol. The first-order valence-corrected chi connectivity index (χ1v) is 8.57. The van der Waals surface area contributed by atoms with Crippen molar-refractivity contribution >= 4 is 16.8 Å². The maximum atomic E-state index is 12.1. The number of hydrogen-bond donors (Lipinski definition) is 2. The highest BCUT2D eigenvalue weighted by Crippen LogP contribution is 2.23. The van der Waals surface area contributed by atoms with Crippen molar-refractivity contribution in [2.45, 2.75) is 25.6 Å². The van der Waals surface area contributed by atoms with Crippen LogP contribution in [0.5, 0.6) is 5.75 Å². The average Bonchev–Trinajstić information content (AvgIpc) is 3.02. The zero-order valence-corrected chi connectivity index (χ0v) is 14.5. The van der Waals surface area contributed by atoms with E-state index in [0.29, 0.717) is 12.1 Å². The van der Waals surface area contributed by atoms with E-state index >= 15 is 0 Å². The Hall–Kier alpha value is -2.96. The summed E-state index contributed by atoms with van der Waals surface area (Å²) in [5.41, 5.74) is 2.92. The molecule has 0 radical (unpaired) electrons. The number of rotatable bonds is 7. The largest absolute Gasteiger partial charge is 0.573 e. The van der Waals surface area contributed by atoms with Crippen molar-refractivity contribution in [3.05, 3.63) is 65.9 Å². The van der Waals surface area contributed by atoms with Crippen LogP contribution in [0.2, 0.25) is 0 Å². The van der Waals surface area contributed by atoms with Gasteiger partial charge < -0.3 is 15.0 Å². The van der Waals surface area contributed by atoms with Gasteiger partial charge in [0.1, 0.15) is 5.75 Å². The van der Waals surface area contributed by atoms with Gasteiger partial charge >= 0.3 is 6.36 Å². The van der Waals surface area contributed by atoms with Crippen LogP contribution in [0.15, 0.2) is 54.7 Å². The highest BCUT2D eigenvalue weighted by atomic mass is 19.4. The van der Waals surface area contributed by atoms with Crippen molar-refractivity contribution in [2.24, 2.45) is 0 Å². The van der Waals surface area contributed by atoms with Crippen LogP contribution in [0.25, 0.3) is 10.9 Å². The van der Waals surface area contributed by atoms with E-state index < -0.39 is 6.36 Å². The van der Waals surface area contributed by atoms with Crippen LogP contribution in [0.4, 0.5) is 13.2 Å². The molecule has 0 saturated carbocycles. The highest BCUT2D eigenvalue weighted by molar-refractivity contribution is 5.83. The smallest absolute Gasteiger partial charge is 0.406 e. The lowest BCUT2D eigenvalue weighted by Crippen LogP contribution is -2.26. The van der Waals surface area contributed by atoms with Gasteiger partial charge in [0.2, 0.25) is 5.91 Å². The normalized spacial score (nSPS) is 11.5. The molecule has 1 amide bonds. The van der Waals surface area contributed by atoms with Crippen LogP contribution >= 0.6 is 0 Å². The first-order valence-electron chi connectivity index (χ1n) is 8.57. The number of hydrogen-bond acceptors (Lipinski definition) is 2. The topological polar surface area (TPSA) is 54.1 Å². The fraction of sp³-hybridized carbons (Fsp3) is 0.250. The molecule has 4 nitrogen and oxygen atoms in total. The second kappa shape index (κ2) is 8.16. The first kappa shape index (κ1) is 18.8. The number of halogens is 3. The Bertz CT molecular complexity index is 901. The zero-order chi connectivity index (χ0) is 19.3. The minimum atomic E-state index is -4.72. The second-order valence-corrected chi connectivity index (χ2v) is 6.18. The van der Waals surface area contributed by atoms with Gasteiger partial charge in [-0.3, -0.25) is 4.79 Å². The molecule has 7 heteroatoms. The number of carbonyl (C=O) groups excluding carboxylic acids is 1. The summed E-state index contributed by atoms with van der Waals surface area (Å²) >= 11 is 0. The SMILES string of the molecule is O=C(Cc1ccc(OC(F)(F)F)cc1)NCCCc1c[nH]c2ccccc12. The van der Waals surface area contributed by atoms with E-state index in [9.17, 15) is 18.0 Å². The second-order valence-electron chi connectivity index (χ2n) is 6.18. The van der Waals surface area contributed by atoms with Crippen LogP contribution < -0.4 is 10.1 Å². The van der Waals surface area contributed by atoms with Gasteiger partial charge in [-0.2, -0.15) is 0 Å². The summed E-state index contributed by atoms with van der Waals surface area (Å²) in [5.74, 6) is -0.469. The molecule has 0 spiro atoms. The molecule has 2 N–H and O–H groups in total. The summed E-state index contributed by atoms with van der Waals surface area (Å²) in [6.45, 7) is 0.535. The molecule has 0 fully saturated rings. The van der Waals surface area contributed by atoms with Gasteiger partial charge in [0.05, 0.1) is 6.42 Å². The number of aryl methyl sites for hydroxylation is 1. The number of fused-ring (bicyclic) bond motifs is 1. The van der Waals surface area contributed by atoms with Gasteiger partial charge in [-0.05, 0) is 42.2 Å². The lowest BCUT2D eigenvalue weighted by atomic mass is 10.1. The molecule has 0 atom stereocenters. The minimum absolute atomic E-state index is 0.110. The number of para-hydroxylation sites is 1. The van der Waals surface area contributed by atoms with E-state index in [0.717, 1.165) is 18.4 Å². The molecule has 1 aromatic heterocycles. The monoisotopic (exact) mass is 376 g/mol. The van der Waals surface area contributed by atoms with E-state index in [1.165, 1.54) is 35.2 Å². The van der Waals surface area contributed by atoms with Crippen molar-refractivity contribution in [2.75, 3.05) is 6.54 Å². The number of nitrogens with one attached hydrogen (secondary N) is 2. The number of aromatic amines is 1. The van der Waals surface area contributed by atoms with Crippen LogP contribution in [-0.2, 0) is 17.6 Å². The first-order chi connectivity index (χ1) is 12.9. The Morgan fingerprint density at radius 3 is 2.56 bits per heavy atom. The summed E-state index contributed by atoms with van der Waals surface area (Å²) in [5, 5.41) is 4.02.